The Labute approximate surface area is 66.9 Å². The highest BCUT2D eigenvalue weighted by atomic mass is 16.5. The van der Waals surface area contributed by atoms with Crippen LogP contribution in [-0.4, -0.2) is 23.4 Å². The summed E-state index contributed by atoms with van der Waals surface area (Å²) in [5.41, 5.74) is 0.0131. The fourth-order valence-corrected chi connectivity index (χ4v) is 1.91. The summed E-state index contributed by atoms with van der Waals surface area (Å²) in [5, 5.41) is 9.21. The Hall–Kier alpha value is -0.340. The molecule has 0 bridgehead atoms. The van der Waals surface area contributed by atoms with Gasteiger partial charge in [0.05, 0.1) is 11.7 Å². The lowest BCUT2D eigenvalue weighted by molar-refractivity contribution is 0.0199. The summed E-state index contributed by atoms with van der Waals surface area (Å²) < 4.78 is 5.63. The molecule has 0 saturated carbocycles. The molecule has 0 radical (unpaired) electrons. The van der Waals surface area contributed by atoms with Gasteiger partial charge in [0.25, 0.3) is 0 Å². The van der Waals surface area contributed by atoms with E-state index in [0.717, 1.165) is 25.9 Å². The number of aliphatic hydroxyl groups excluding tert-OH is 1. The zero-order valence-corrected chi connectivity index (χ0v) is 6.62. The van der Waals surface area contributed by atoms with Gasteiger partial charge in [0.2, 0.25) is 0 Å². The molecule has 0 aromatic heterocycles. The van der Waals surface area contributed by atoms with E-state index >= 15 is 0 Å². The smallest absolute Gasteiger partial charge is 0.0865 e. The van der Waals surface area contributed by atoms with Crippen LogP contribution in [0, 0.1) is 0 Å². The Balaban J connectivity index is 2.09. The highest BCUT2D eigenvalue weighted by Gasteiger charge is 2.34. The van der Waals surface area contributed by atoms with Crippen molar-refractivity contribution in [3.05, 3.63) is 12.2 Å². The second-order valence-corrected chi connectivity index (χ2v) is 3.48. The highest BCUT2D eigenvalue weighted by Crippen LogP contribution is 2.34. The molecule has 2 nitrogen and oxygen atoms in total. The first-order chi connectivity index (χ1) is 5.31. The minimum atomic E-state index is -0.232. The molecule has 62 valence electrons. The summed E-state index contributed by atoms with van der Waals surface area (Å²) in [4.78, 5) is 0. The quantitative estimate of drug-likeness (QED) is 0.532. The molecule has 0 unspecified atom stereocenters. The molecule has 2 heteroatoms. The zero-order valence-electron chi connectivity index (χ0n) is 6.62. The molecule has 1 aliphatic heterocycles. The van der Waals surface area contributed by atoms with E-state index in [2.05, 4.69) is 0 Å². The molecule has 1 N–H and O–H groups in total. The van der Waals surface area contributed by atoms with Crippen molar-refractivity contribution in [2.24, 2.45) is 0 Å². The van der Waals surface area contributed by atoms with Gasteiger partial charge in [-0.1, -0.05) is 12.2 Å². The summed E-state index contributed by atoms with van der Waals surface area (Å²) >= 11 is 0. The van der Waals surface area contributed by atoms with E-state index in [1.54, 1.807) is 0 Å². The molecule has 2 aliphatic rings. The van der Waals surface area contributed by atoms with Gasteiger partial charge in [-0.15, -0.1) is 0 Å². The Bertz CT molecular complexity index is 168. The second-order valence-electron chi connectivity index (χ2n) is 3.48. The molecule has 0 aromatic rings. The van der Waals surface area contributed by atoms with Gasteiger partial charge in [-0.05, 0) is 25.7 Å². The molecule has 1 aliphatic carbocycles. The molecule has 11 heavy (non-hydrogen) atoms. The standard InChI is InChI=1S/C9H14O2/c10-8-2-5-9(6-3-8)4-1-7-11-9/h2,5,8,10H,1,3-4,6-7H2/t8-,9-/m1/s1. The summed E-state index contributed by atoms with van der Waals surface area (Å²) in [7, 11) is 0. The maximum Gasteiger partial charge on any atom is 0.0865 e. The van der Waals surface area contributed by atoms with Crippen molar-refractivity contribution in [1.29, 1.82) is 0 Å². The topological polar surface area (TPSA) is 29.5 Å². The molecular weight excluding hydrogens is 140 g/mol. The van der Waals surface area contributed by atoms with Crippen molar-refractivity contribution >= 4 is 0 Å². The molecule has 1 spiro atoms. The number of rotatable bonds is 0. The van der Waals surface area contributed by atoms with E-state index in [1.165, 1.54) is 6.42 Å². The van der Waals surface area contributed by atoms with Crippen LogP contribution in [-0.2, 0) is 4.74 Å². The predicted octanol–water partition coefficient (Wildman–Crippen LogP) is 1.25. The third-order valence-corrected chi connectivity index (χ3v) is 2.62. The van der Waals surface area contributed by atoms with Crippen LogP contribution in [0.15, 0.2) is 12.2 Å². The first kappa shape index (κ1) is 7.32. The van der Waals surface area contributed by atoms with Crippen LogP contribution in [0.2, 0.25) is 0 Å². The summed E-state index contributed by atoms with van der Waals surface area (Å²) in [6, 6.07) is 0. The molecule has 1 heterocycles. The summed E-state index contributed by atoms with van der Waals surface area (Å²) in [6.45, 7) is 0.889. The lowest BCUT2D eigenvalue weighted by Gasteiger charge is -2.29. The Morgan fingerprint density at radius 1 is 1.45 bits per heavy atom. The van der Waals surface area contributed by atoms with Gasteiger partial charge in [0, 0.05) is 6.61 Å². The van der Waals surface area contributed by atoms with Gasteiger partial charge in [0.1, 0.15) is 0 Å². The van der Waals surface area contributed by atoms with Crippen molar-refractivity contribution in [1.82, 2.24) is 0 Å². The van der Waals surface area contributed by atoms with Gasteiger partial charge in [0.15, 0.2) is 0 Å². The highest BCUT2D eigenvalue weighted by molar-refractivity contribution is 5.10. The Kier molecular flexibility index (Phi) is 1.74. The van der Waals surface area contributed by atoms with Gasteiger partial charge in [-0.25, -0.2) is 0 Å². The number of aliphatic hydroxyl groups is 1. The third kappa shape index (κ3) is 1.33. The fourth-order valence-electron chi connectivity index (χ4n) is 1.91. The van der Waals surface area contributed by atoms with Crippen LogP contribution in [0.5, 0.6) is 0 Å². The Morgan fingerprint density at radius 3 is 2.91 bits per heavy atom. The van der Waals surface area contributed by atoms with E-state index < -0.39 is 0 Å². The average Bonchev–Trinajstić information content (AvgIpc) is 2.45. The lowest BCUT2D eigenvalue weighted by Crippen LogP contribution is -2.30. The second kappa shape index (κ2) is 2.61. The maximum absolute atomic E-state index is 9.21. The van der Waals surface area contributed by atoms with E-state index in [1.807, 2.05) is 12.2 Å². The number of hydrogen-bond donors (Lipinski definition) is 1. The monoisotopic (exact) mass is 154 g/mol. The summed E-state index contributed by atoms with van der Waals surface area (Å²) in [5.74, 6) is 0. The molecule has 1 saturated heterocycles. The van der Waals surface area contributed by atoms with Crippen LogP contribution in [0.3, 0.4) is 0 Å². The number of hydrogen-bond acceptors (Lipinski definition) is 2. The normalized spacial score (nSPS) is 43.5. The first-order valence-electron chi connectivity index (χ1n) is 4.32. The van der Waals surface area contributed by atoms with Crippen molar-refractivity contribution in [2.45, 2.75) is 37.4 Å². The van der Waals surface area contributed by atoms with Crippen LogP contribution in [0.25, 0.3) is 0 Å². The molecule has 0 amide bonds. The Morgan fingerprint density at radius 2 is 2.36 bits per heavy atom. The molecule has 1 fully saturated rings. The predicted molar refractivity (Wildman–Crippen MR) is 42.3 cm³/mol. The maximum atomic E-state index is 9.21. The van der Waals surface area contributed by atoms with Crippen molar-refractivity contribution < 1.29 is 9.84 Å². The van der Waals surface area contributed by atoms with Crippen LogP contribution in [0.4, 0.5) is 0 Å². The zero-order chi connectivity index (χ0) is 7.73. The molecule has 2 rings (SSSR count). The van der Waals surface area contributed by atoms with E-state index in [0.29, 0.717) is 0 Å². The SMILES string of the molecule is O[C@@H]1C=C[C@]2(CCCO2)CC1. The van der Waals surface area contributed by atoms with Gasteiger partial charge < -0.3 is 9.84 Å². The minimum absolute atomic E-state index is 0.0131. The first-order valence-corrected chi connectivity index (χ1v) is 4.32. The van der Waals surface area contributed by atoms with Crippen LogP contribution in [0.1, 0.15) is 25.7 Å². The summed E-state index contributed by atoms with van der Waals surface area (Å²) in [6.07, 6.45) is 7.84. The number of ether oxygens (including phenoxy) is 1. The third-order valence-electron chi connectivity index (χ3n) is 2.62. The van der Waals surface area contributed by atoms with Crippen molar-refractivity contribution in [3.63, 3.8) is 0 Å². The van der Waals surface area contributed by atoms with Gasteiger partial charge in [-0.2, -0.15) is 0 Å². The van der Waals surface area contributed by atoms with Gasteiger partial charge in [-0.3, -0.25) is 0 Å². The molecular formula is C9H14O2. The molecule has 0 aromatic carbocycles. The van der Waals surface area contributed by atoms with Crippen molar-refractivity contribution in [2.75, 3.05) is 6.61 Å². The average molecular weight is 154 g/mol. The largest absolute Gasteiger partial charge is 0.389 e. The van der Waals surface area contributed by atoms with Crippen LogP contribution < -0.4 is 0 Å². The van der Waals surface area contributed by atoms with E-state index in [9.17, 15) is 5.11 Å². The van der Waals surface area contributed by atoms with Gasteiger partial charge >= 0.3 is 0 Å². The van der Waals surface area contributed by atoms with E-state index in [4.69, 9.17) is 4.74 Å². The van der Waals surface area contributed by atoms with E-state index in [-0.39, 0.29) is 11.7 Å². The minimum Gasteiger partial charge on any atom is -0.389 e. The lowest BCUT2D eigenvalue weighted by atomic mass is 9.87. The van der Waals surface area contributed by atoms with Crippen molar-refractivity contribution in [3.8, 4) is 0 Å². The molecule has 2 atom stereocenters. The van der Waals surface area contributed by atoms with Crippen LogP contribution >= 0.6 is 0 Å². The fraction of sp³-hybridized carbons (Fsp3) is 0.778.